The van der Waals surface area contributed by atoms with E-state index >= 15 is 0 Å². The average Bonchev–Trinajstić information content (AvgIpc) is 1.50. The van der Waals surface area contributed by atoms with Gasteiger partial charge in [0.05, 0.1) is 0 Å². The van der Waals surface area contributed by atoms with Gasteiger partial charge in [0, 0.05) is 0 Å². The Morgan fingerprint density at radius 3 is 0.444 bits per heavy atom. The van der Waals surface area contributed by atoms with E-state index in [1.54, 1.807) is 0 Å². The van der Waals surface area contributed by atoms with E-state index in [-0.39, 0.29) is 117 Å². The molecule has 0 amide bonds. The summed E-state index contributed by atoms with van der Waals surface area (Å²) >= 11 is 0. The van der Waals surface area contributed by atoms with Crippen LogP contribution in [-0.2, 0) is 0 Å². The van der Waals surface area contributed by atoms with Gasteiger partial charge in [0.25, 0.3) is 0 Å². The largest absolute Gasteiger partial charge is 2.00 e. The zero-order valence-electron chi connectivity index (χ0n) is 4.88. The molecular formula is C4I2Mg3. The third kappa shape index (κ3) is 103. The van der Waals surface area contributed by atoms with E-state index in [0.717, 1.165) is 0 Å². The summed E-state index contributed by atoms with van der Waals surface area (Å²) < 4.78 is 0. The Labute approximate surface area is 140 Å². The minimum atomic E-state index is 0. The van der Waals surface area contributed by atoms with E-state index in [9.17, 15) is 0 Å². The standard InChI is InChI=1S/2C2.2HI.3Mg/c2*1-2;;;;;/h;;2*1H;;;/q2*-2;;;3*+2/p-2. The molecular weight excluding hydrogens is 375 g/mol. The Hall–Kier alpha value is 2.88. The van der Waals surface area contributed by atoms with Crippen molar-refractivity contribution in [2.24, 2.45) is 0 Å². The SMILES string of the molecule is [C-]#[C-].[C-]#[C-].[I-].[I-].[Mg+2].[Mg+2].[Mg+2]. The maximum absolute atomic E-state index is 5.00. The summed E-state index contributed by atoms with van der Waals surface area (Å²) in [6, 6.07) is 0. The van der Waals surface area contributed by atoms with Crippen LogP contribution in [0.3, 0.4) is 0 Å². The van der Waals surface area contributed by atoms with Crippen LogP contribution in [0.25, 0.3) is 0 Å². The maximum atomic E-state index is 5.00. The van der Waals surface area contributed by atoms with Crippen molar-refractivity contribution in [3.63, 3.8) is 0 Å². The predicted octanol–water partition coefficient (Wildman–Crippen LogP) is -6.81. The number of halogens is 2. The topological polar surface area (TPSA) is 0 Å². The fourth-order valence-corrected chi connectivity index (χ4v) is 0. The summed E-state index contributed by atoms with van der Waals surface area (Å²) in [5, 5.41) is 0. The Morgan fingerprint density at radius 1 is 0.444 bits per heavy atom. The third-order valence-electron chi connectivity index (χ3n) is 0. The Kier molecular flexibility index (Phi) is 841. The molecule has 0 aromatic rings. The molecule has 5 heteroatoms. The summed E-state index contributed by atoms with van der Waals surface area (Å²) in [6.45, 7) is 0. The minimum Gasteiger partial charge on any atom is -1.00 e. The number of rotatable bonds is 0. The van der Waals surface area contributed by atoms with Gasteiger partial charge in [-0.25, -0.2) is 0 Å². The van der Waals surface area contributed by atoms with E-state index < -0.39 is 0 Å². The van der Waals surface area contributed by atoms with Gasteiger partial charge in [-0.1, -0.05) is 0 Å². The minimum absolute atomic E-state index is 0. The Balaban J connectivity index is -0.00000000114. The summed E-state index contributed by atoms with van der Waals surface area (Å²) in [7, 11) is 0. The van der Waals surface area contributed by atoms with Gasteiger partial charge in [0.2, 0.25) is 0 Å². The molecule has 0 saturated carbocycles. The van der Waals surface area contributed by atoms with Crippen LogP contribution in [0.2, 0.25) is 0 Å². The van der Waals surface area contributed by atoms with Crippen LogP contribution in [0.1, 0.15) is 0 Å². The van der Waals surface area contributed by atoms with Crippen LogP contribution in [0.15, 0.2) is 0 Å². The summed E-state index contributed by atoms with van der Waals surface area (Å²) in [6.07, 6.45) is 20.0. The van der Waals surface area contributed by atoms with Crippen molar-refractivity contribution in [3.8, 4) is 0 Å². The molecule has 0 aliphatic rings. The maximum Gasteiger partial charge on any atom is 2.00 e. The molecule has 0 radical (unpaired) electrons. The van der Waals surface area contributed by atoms with Crippen molar-refractivity contribution in [1.82, 2.24) is 0 Å². The van der Waals surface area contributed by atoms with Gasteiger partial charge in [-0.05, 0) is 0 Å². The molecule has 0 unspecified atom stereocenters. The van der Waals surface area contributed by atoms with Gasteiger partial charge in [-0.3, -0.25) is 0 Å². The van der Waals surface area contributed by atoms with Gasteiger partial charge in [0.1, 0.15) is 0 Å². The fraction of sp³-hybridized carbons (Fsp3) is 0. The van der Waals surface area contributed by atoms with Crippen molar-refractivity contribution in [1.29, 1.82) is 0 Å². The smallest absolute Gasteiger partial charge is 1.00 e. The molecule has 0 aromatic carbocycles. The summed E-state index contributed by atoms with van der Waals surface area (Å²) in [5.74, 6) is 0. The monoisotopic (exact) mass is 374 g/mol. The summed E-state index contributed by atoms with van der Waals surface area (Å²) in [5.41, 5.74) is 0. The number of hydrogen-bond donors (Lipinski definition) is 0. The molecule has 0 N–H and O–H groups in total. The second-order valence-corrected chi connectivity index (χ2v) is 0. The van der Waals surface area contributed by atoms with Gasteiger partial charge in [-0.15, -0.1) is 0 Å². The van der Waals surface area contributed by atoms with E-state index in [1.165, 1.54) is 0 Å². The van der Waals surface area contributed by atoms with Crippen LogP contribution in [-0.4, -0.2) is 69.2 Å². The molecule has 0 fully saturated rings. The molecule has 0 heterocycles. The third-order valence-corrected chi connectivity index (χ3v) is 0. The first-order chi connectivity index (χ1) is 2.00. The molecule has 0 bridgehead atoms. The summed E-state index contributed by atoms with van der Waals surface area (Å²) in [4.78, 5) is 0. The molecule has 0 nitrogen and oxygen atoms in total. The second-order valence-electron chi connectivity index (χ2n) is 0. The quantitative estimate of drug-likeness (QED) is 0.171. The van der Waals surface area contributed by atoms with Crippen molar-refractivity contribution in [2.45, 2.75) is 0 Å². The number of hydrogen-bond acceptors (Lipinski definition) is 0. The van der Waals surface area contributed by atoms with Gasteiger partial charge in [0.15, 0.2) is 0 Å². The first kappa shape index (κ1) is 59.1. The molecule has 0 aliphatic heterocycles. The average molecular weight is 375 g/mol. The van der Waals surface area contributed by atoms with Gasteiger partial charge >= 0.3 is 69.2 Å². The van der Waals surface area contributed by atoms with Crippen LogP contribution in [0.5, 0.6) is 0 Å². The predicted molar refractivity (Wildman–Crippen MR) is 30.2 cm³/mol. The first-order valence-corrected chi connectivity index (χ1v) is 0.500. The van der Waals surface area contributed by atoms with Gasteiger partial charge in [-0.2, -0.15) is 0 Å². The normalized spacial score (nSPS) is 0.444. The fourth-order valence-electron chi connectivity index (χ4n) is 0. The van der Waals surface area contributed by atoms with Crippen molar-refractivity contribution >= 4 is 69.2 Å². The molecule has 0 rings (SSSR count). The van der Waals surface area contributed by atoms with Crippen LogP contribution in [0.4, 0.5) is 0 Å². The van der Waals surface area contributed by atoms with Crippen molar-refractivity contribution in [3.05, 3.63) is 25.7 Å². The first-order valence-electron chi connectivity index (χ1n) is 0.500. The molecule has 0 spiro atoms. The van der Waals surface area contributed by atoms with Crippen molar-refractivity contribution < 1.29 is 48.0 Å². The van der Waals surface area contributed by atoms with Gasteiger partial charge < -0.3 is 73.6 Å². The van der Waals surface area contributed by atoms with Crippen LogP contribution in [0, 0.1) is 25.7 Å². The molecule has 0 aliphatic carbocycles. The molecule has 36 valence electrons. The van der Waals surface area contributed by atoms with E-state index in [1.807, 2.05) is 0 Å². The zero-order chi connectivity index (χ0) is 4.00. The van der Waals surface area contributed by atoms with E-state index in [0.29, 0.717) is 0 Å². The molecule has 0 aromatic heterocycles. The Bertz CT molecular complexity index is 29.3. The molecule has 0 saturated heterocycles. The van der Waals surface area contributed by atoms with Crippen molar-refractivity contribution in [2.75, 3.05) is 0 Å². The molecule has 0 atom stereocenters. The van der Waals surface area contributed by atoms with E-state index in [2.05, 4.69) is 0 Å². The Morgan fingerprint density at radius 2 is 0.444 bits per heavy atom. The van der Waals surface area contributed by atoms with Crippen LogP contribution < -0.4 is 48.0 Å². The zero-order valence-corrected chi connectivity index (χ0v) is 13.4. The van der Waals surface area contributed by atoms with E-state index in [4.69, 9.17) is 25.7 Å². The molecule has 9 heavy (non-hydrogen) atoms. The second kappa shape index (κ2) is 128. The van der Waals surface area contributed by atoms with Crippen LogP contribution >= 0.6 is 0 Å².